The van der Waals surface area contributed by atoms with Crippen molar-refractivity contribution in [3.8, 4) is 0 Å². The molecule has 4 nitrogen and oxygen atoms in total. The second-order valence-corrected chi connectivity index (χ2v) is 4.63. The third-order valence-electron chi connectivity index (χ3n) is 2.91. The van der Waals surface area contributed by atoms with E-state index in [1.165, 1.54) is 18.2 Å². The maximum Gasteiger partial charge on any atom is 0.255 e. The molecule has 0 radical (unpaired) electrons. The number of nitrogen functional groups attached to an aromatic ring is 1. The number of hydrogen-bond acceptors (Lipinski definition) is 3. The summed E-state index contributed by atoms with van der Waals surface area (Å²) in [6, 6.07) is 11.0. The van der Waals surface area contributed by atoms with E-state index in [-0.39, 0.29) is 11.6 Å². The number of anilines is 3. The van der Waals surface area contributed by atoms with Gasteiger partial charge in [-0.05, 0) is 42.5 Å². The third-order valence-corrected chi connectivity index (χ3v) is 2.91. The molecule has 5 heteroatoms. The number of carbonyl (C=O) groups is 1. The van der Waals surface area contributed by atoms with E-state index in [0.29, 0.717) is 11.3 Å². The zero-order valence-electron chi connectivity index (χ0n) is 11.4. The van der Waals surface area contributed by atoms with Crippen molar-refractivity contribution in [1.82, 2.24) is 0 Å². The van der Waals surface area contributed by atoms with Gasteiger partial charge in [-0.3, -0.25) is 4.79 Å². The Bertz CT molecular complexity index is 624. The number of benzene rings is 2. The molecule has 0 aliphatic carbocycles. The highest BCUT2D eigenvalue weighted by atomic mass is 19.1. The fourth-order valence-corrected chi connectivity index (χ4v) is 1.74. The van der Waals surface area contributed by atoms with Gasteiger partial charge < -0.3 is 16.0 Å². The van der Waals surface area contributed by atoms with Crippen LogP contribution in [0.5, 0.6) is 0 Å². The second-order valence-electron chi connectivity index (χ2n) is 4.63. The smallest absolute Gasteiger partial charge is 0.255 e. The molecule has 0 aliphatic rings. The number of nitrogens with zero attached hydrogens (tertiary/aromatic N) is 1. The second kappa shape index (κ2) is 5.61. The van der Waals surface area contributed by atoms with Crippen LogP contribution in [0.25, 0.3) is 0 Å². The molecular formula is C15H16FN3O. The highest BCUT2D eigenvalue weighted by Gasteiger charge is 2.09. The topological polar surface area (TPSA) is 58.4 Å². The van der Waals surface area contributed by atoms with E-state index in [1.54, 1.807) is 12.1 Å². The first-order chi connectivity index (χ1) is 9.47. The number of amides is 1. The summed E-state index contributed by atoms with van der Waals surface area (Å²) in [6.45, 7) is 0. The van der Waals surface area contributed by atoms with Gasteiger partial charge in [0.05, 0.1) is 11.4 Å². The van der Waals surface area contributed by atoms with Gasteiger partial charge in [0.2, 0.25) is 0 Å². The van der Waals surface area contributed by atoms with Crippen molar-refractivity contribution in [2.75, 3.05) is 30.0 Å². The molecule has 0 aromatic heterocycles. The summed E-state index contributed by atoms with van der Waals surface area (Å²) >= 11 is 0. The molecule has 2 aromatic rings. The minimum absolute atomic E-state index is 0.270. The zero-order chi connectivity index (χ0) is 14.7. The van der Waals surface area contributed by atoms with E-state index in [9.17, 15) is 9.18 Å². The maximum atomic E-state index is 13.1. The fraction of sp³-hybridized carbons (Fsp3) is 0.133. The van der Waals surface area contributed by atoms with Crippen LogP contribution in [0.2, 0.25) is 0 Å². The Labute approximate surface area is 117 Å². The Balaban J connectivity index is 2.17. The monoisotopic (exact) mass is 273 g/mol. The molecule has 0 fully saturated rings. The molecule has 0 heterocycles. The SMILES string of the molecule is CN(C)c1ccc(C(=O)Nc2cc(F)ccc2N)cc1. The van der Waals surface area contributed by atoms with E-state index >= 15 is 0 Å². The summed E-state index contributed by atoms with van der Waals surface area (Å²) in [5.74, 6) is -0.773. The molecular weight excluding hydrogens is 257 g/mol. The van der Waals surface area contributed by atoms with Crippen LogP contribution in [0.1, 0.15) is 10.4 Å². The van der Waals surface area contributed by atoms with Crippen LogP contribution in [0, 0.1) is 5.82 Å². The van der Waals surface area contributed by atoms with Crippen molar-refractivity contribution in [1.29, 1.82) is 0 Å². The number of rotatable bonds is 3. The van der Waals surface area contributed by atoms with Crippen LogP contribution in [0.4, 0.5) is 21.5 Å². The molecule has 2 aromatic carbocycles. The molecule has 20 heavy (non-hydrogen) atoms. The largest absolute Gasteiger partial charge is 0.397 e. The van der Waals surface area contributed by atoms with Gasteiger partial charge in [-0.2, -0.15) is 0 Å². The molecule has 0 saturated carbocycles. The highest BCUT2D eigenvalue weighted by molar-refractivity contribution is 6.05. The Morgan fingerprint density at radius 1 is 1.15 bits per heavy atom. The first-order valence-electron chi connectivity index (χ1n) is 6.11. The van der Waals surface area contributed by atoms with E-state index in [2.05, 4.69) is 5.32 Å². The Hall–Kier alpha value is -2.56. The summed E-state index contributed by atoms with van der Waals surface area (Å²) < 4.78 is 13.1. The van der Waals surface area contributed by atoms with Crippen molar-refractivity contribution < 1.29 is 9.18 Å². The van der Waals surface area contributed by atoms with E-state index in [0.717, 1.165) is 5.69 Å². The number of nitrogens with one attached hydrogen (secondary N) is 1. The molecule has 0 spiro atoms. The molecule has 3 N–H and O–H groups in total. The number of nitrogens with two attached hydrogens (primary N) is 1. The molecule has 0 saturated heterocycles. The maximum absolute atomic E-state index is 13.1. The van der Waals surface area contributed by atoms with Gasteiger partial charge in [-0.1, -0.05) is 0 Å². The molecule has 0 bridgehead atoms. The quantitative estimate of drug-likeness (QED) is 0.845. The molecule has 1 amide bonds. The van der Waals surface area contributed by atoms with Gasteiger partial charge >= 0.3 is 0 Å². The number of carbonyl (C=O) groups excluding carboxylic acids is 1. The van der Waals surface area contributed by atoms with Crippen LogP contribution in [0.3, 0.4) is 0 Å². The lowest BCUT2D eigenvalue weighted by atomic mass is 10.1. The normalized spacial score (nSPS) is 10.2. The Morgan fingerprint density at radius 2 is 1.80 bits per heavy atom. The summed E-state index contributed by atoms with van der Waals surface area (Å²) in [4.78, 5) is 14.0. The van der Waals surface area contributed by atoms with Gasteiger partial charge in [0.15, 0.2) is 0 Å². The summed E-state index contributed by atoms with van der Waals surface area (Å²) in [7, 11) is 3.84. The van der Waals surface area contributed by atoms with Crippen LogP contribution >= 0.6 is 0 Å². The lowest BCUT2D eigenvalue weighted by Crippen LogP contribution is -2.14. The molecule has 0 unspecified atom stereocenters. The first-order valence-corrected chi connectivity index (χ1v) is 6.11. The first kappa shape index (κ1) is 13.9. The summed E-state index contributed by atoms with van der Waals surface area (Å²) in [5, 5.41) is 2.60. The molecule has 0 atom stereocenters. The lowest BCUT2D eigenvalue weighted by Gasteiger charge is -2.13. The zero-order valence-corrected chi connectivity index (χ0v) is 11.4. The predicted molar refractivity (Wildman–Crippen MR) is 79.5 cm³/mol. The van der Waals surface area contributed by atoms with Gasteiger partial charge in [-0.15, -0.1) is 0 Å². The Morgan fingerprint density at radius 3 is 2.40 bits per heavy atom. The van der Waals surface area contributed by atoms with Gasteiger partial charge in [-0.25, -0.2) is 4.39 Å². The van der Waals surface area contributed by atoms with Gasteiger partial charge in [0.1, 0.15) is 5.82 Å². The van der Waals surface area contributed by atoms with Gasteiger partial charge in [0.25, 0.3) is 5.91 Å². The lowest BCUT2D eigenvalue weighted by molar-refractivity contribution is 0.102. The fourth-order valence-electron chi connectivity index (χ4n) is 1.74. The minimum Gasteiger partial charge on any atom is -0.397 e. The van der Waals surface area contributed by atoms with Crippen molar-refractivity contribution in [3.05, 3.63) is 53.8 Å². The van der Waals surface area contributed by atoms with E-state index < -0.39 is 5.82 Å². The van der Waals surface area contributed by atoms with Crippen molar-refractivity contribution in [2.24, 2.45) is 0 Å². The Kier molecular flexibility index (Phi) is 3.89. The van der Waals surface area contributed by atoms with Crippen LogP contribution in [0.15, 0.2) is 42.5 Å². The van der Waals surface area contributed by atoms with Crippen LogP contribution in [-0.2, 0) is 0 Å². The van der Waals surface area contributed by atoms with E-state index in [1.807, 2.05) is 31.1 Å². The van der Waals surface area contributed by atoms with Crippen molar-refractivity contribution in [2.45, 2.75) is 0 Å². The van der Waals surface area contributed by atoms with Crippen LogP contribution < -0.4 is 16.0 Å². The van der Waals surface area contributed by atoms with E-state index in [4.69, 9.17) is 5.73 Å². The average molecular weight is 273 g/mol. The molecule has 104 valence electrons. The third kappa shape index (κ3) is 3.06. The number of hydrogen-bond donors (Lipinski definition) is 2. The molecule has 2 rings (SSSR count). The molecule has 0 aliphatic heterocycles. The summed E-state index contributed by atoms with van der Waals surface area (Å²) in [5.41, 5.74) is 7.76. The van der Waals surface area contributed by atoms with Crippen LogP contribution in [-0.4, -0.2) is 20.0 Å². The van der Waals surface area contributed by atoms with Crippen molar-refractivity contribution in [3.63, 3.8) is 0 Å². The predicted octanol–water partition coefficient (Wildman–Crippen LogP) is 2.73. The summed E-state index contributed by atoms with van der Waals surface area (Å²) in [6.07, 6.45) is 0. The standard InChI is InChI=1S/C15H16FN3O/c1-19(2)12-6-3-10(4-7-12)15(20)18-14-9-11(16)5-8-13(14)17/h3-9H,17H2,1-2H3,(H,18,20). The van der Waals surface area contributed by atoms with Gasteiger partial charge in [0, 0.05) is 25.3 Å². The average Bonchev–Trinajstić information content (AvgIpc) is 2.43. The minimum atomic E-state index is -0.447. The highest BCUT2D eigenvalue weighted by Crippen LogP contribution is 2.20. The number of halogens is 1. The van der Waals surface area contributed by atoms with Crippen molar-refractivity contribution >= 4 is 23.0 Å².